The van der Waals surface area contributed by atoms with Gasteiger partial charge in [-0.25, -0.2) is 4.79 Å². The fourth-order valence-corrected chi connectivity index (χ4v) is 5.72. The van der Waals surface area contributed by atoms with Gasteiger partial charge < -0.3 is 14.2 Å². The number of hydrogen-bond donors (Lipinski definition) is 0. The van der Waals surface area contributed by atoms with Crippen molar-refractivity contribution in [2.45, 2.75) is 52.2 Å². The molecule has 1 aliphatic carbocycles. The predicted octanol–water partition coefficient (Wildman–Crippen LogP) is 7.90. The Morgan fingerprint density at radius 1 is 1.03 bits per heavy atom. The molecule has 4 nitrogen and oxygen atoms in total. The van der Waals surface area contributed by atoms with E-state index in [4.69, 9.17) is 14.2 Å². The van der Waals surface area contributed by atoms with Crippen LogP contribution in [0.15, 0.2) is 60.7 Å². The summed E-state index contributed by atoms with van der Waals surface area (Å²) in [6, 6.07) is 18.7. The van der Waals surface area contributed by atoms with E-state index in [0.29, 0.717) is 18.6 Å². The second kappa shape index (κ2) is 11.6. The van der Waals surface area contributed by atoms with Gasteiger partial charge >= 0.3 is 5.97 Å². The summed E-state index contributed by atoms with van der Waals surface area (Å²) in [6.45, 7) is 8.94. The van der Waals surface area contributed by atoms with Crippen molar-refractivity contribution < 1.29 is 19.0 Å². The number of carbonyl (C=O) groups excluding carboxylic acids is 1. The molecule has 0 atom stereocenters. The van der Waals surface area contributed by atoms with E-state index in [-0.39, 0.29) is 17.7 Å². The molecule has 0 spiro atoms. The smallest absolute Gasteiger partial charge is 0.338 e. The van der Waals surface area contributed by atoms with E-state index < -0.39 is 0 Å². The Morgan fingerprint density at radius 3 is 2.35 bits per heavy atom. The fourth-order valence-electron chi connectivity index (χ4n) is 4.79. The zero-order valence-electron chi connectivity index (χ0n) is 22.6. The van der Waals surface area contributed by atoms with Crippen LogP contribution in [0.5, 0.6) is 0 Å². The van der Waals surface area contributed by atoms with Crippen LogP contribution in [-0.4, -0.2) is 33.1 Å². The maximum atomic E-state index is 12.1. The van der Waals surface area contributed by atoms with Crippen molar-refractivity contribution in [1.82, 2.24) is 0 Å². The Hall–Kier alpha value is -2.99. The first kappa shape index (κ1) is 27.1. The lowest BCUT2D eigenvalue weighted by molar-refractivity contribution is -0.0970. The van der Waals surface area contributed by atoms with Gasteiger partial charge in [0.25, 0.3) is 0 Å². The number of allylic oxidation sites excluding steroid dienone is 1. The van der Waals surface area contributed by atoms with Gasteiger partial charge in [0, 0.05) is 30.4 Å². The lowest BCUT2D eigenvalue weighted by atomic mass is 9.72. The van der Waals surface area contributed by atoms with Gasteiger partial charge in [0.2, 0.25) is 0 Å². The highest BCUT2D eigenvalue weighted by atomic mass is 32.1. The van der Waals surface area contributed by atoms with Crippen LogP contribution in [0, 0.1) is 6.92 Å². The molecule has 0 fully saturated rings. The second-order valence-electron chi connectivity index (χ2n) is 9.99. The molecule has 0 bridgehead atoms. The van der Waals surface area contributed by atoms with Crippen molar-refractivity contribution in [2.75, 3.05) is 20.8 Å². The maximum Gasteiger partial charge on any atom is 0.338 e. The summed E-state index contributed by atoms with van der Waals surface area (Å²) in [5.41, 5.74) is 7.79. The van der Waals surface area contributed by atoms with Crippen molar-refractivity contribution in [2.24, 2.45) is 0 Å². The van der Waals surface area contributed by atoms with Crippen molar-refractivity contribution in [3.63, 3.8) is 0 Å². The van der Waals surface area contributed by atoms with Crippen molar-refractivity contribution in [3.8, 4) is 0 Å². The third kappa shape index (κ3) is 6.12. The lowest BCUT2D eigenvalue weighted by Gasteiger charge is -2.32. The van der Waals surface area contributed by atoms with Gasteiger partial charge in [-0.05, 0) is 89.4 Å². The number of benzene rings is 2. The molecule has 194 valence electrons. The molecule has 1 heterocycles. The average molecular weight is 517 g/mol. The Kier molecular flexibility index (Phi) is 8.48. The summed E-state index contributed by atoms with van der Waals surface area (Å²) < 4.78 is 16.2. The number of esters is 1. The van der Waals surface area contributed by atoms with Crippen LogP contribution in [0.4, 0.5) is 0 Å². The fraction of sp³-hybridized carbons (Fsp3) is 0.344. The van der Waals surface area contributed by atoms with Crippen molar-refractivity contribution in [1.29, 1.82) is 0 Å². The van der Waals surface area contributed by atoms with Gasteiger partial charge in [-0.3, -0.25) is 0 Å². The number of ether oxygens (including phenoxy) is 3. The third-order valence-electron chi connectivity index (χ3n) is 6.91. The number of aryl methyl sites for hydroxylation is 1. The third-order valence-corrected chi connectivity index (χ3v) is 7.94. The molecule has 37 heavy (non-hydrogen) atoms. The van der Waals surface area contributed by atoms with Crippen LogP contribution >= 0.6 is 11.3 Å². The van der Waals surface area contributed by atoms with E-state index >= 15 is 0 Å². The van der Waals surface area contributed by atoms with E-state index in [2.05, 4.69) is 63.3 Å². The molecule has 0 saturated carbocycles. The number of rotatable bonds is 9. The van der Waals surface area contributed by atoms with E-state index in [9.17, 15) is 4.79 Å². The summed E-state index contributed by atoms with van der Waals surface area (Å²) in [6.07, 6.45) is 5.80. The summed E-state index contributed by atoms with van der Waals surface area (Å²) in [7, 11) is 3.30. The number of thiophene rings is 1. The van der Waals surface area contributed by atoms with E-state index in [1.807, 2.05) is 42.5 Å². The molecule has 0 radical (unpaired) electrons. The Labute approximate surface area is 224 Å². The molecule has 5 heteroatoms. The molecule has 4 rings (SSSR count). The topological polar surface area (TPSA) is 44.8 Å². The highest BCUT2D eigenvalue weighted by molar-refractivity contribution is 7.13. The molecular formula is C32H36O4S. The molecule has 0 unspecified atom stereocenters. The lowest BCUT2D eigenvalue weighted by Crippen LogP contribution is -2.21. The first-order valence-electron chi connectivity index (χ1n) is 12.7. The van der Waals surface area contributed by atoms with Gasteiger partial charge in [-0.15, -0.1) is 11.3 Å². The summed E-state index contributed by atoms with van der Waals surface area (Å²) >= 11 is 1.84. The van der Waals surface area contributed by atoms with Crippen LogP contribution in [-0.2, 0) is 19.6 Å². The summed E-state index contributed by atoms with van der Waals surface area (Å²) in [4.78, 5) is 14.8. The highest BCUT2D eigenvalue weighted by Crippen LogP contribution is 2.43. The first-order valence-corrected chi connectivity index (χ1v) is 13.5. The summed E-state index contributed by atoms with van der Waals surface area (Å²) in [5.74, 6) is -0.313. The Bertz CT molecular complexity index is 1310. The van der Waals surface area contributed by atoms with Crippen LogP contribution in [0.2, 0.25) is 0 Å². The molecule has 0 saturated heterocycles. The number of hydrogen-bond acceptors (Lipinski definition) is 5. The molecule has 3 aromatic rings. The molecular weight excluding hydrogens is 480 g/mol. The van der Waals surface area contributed by atoms with Crippen molar-refractivity contribution in [3.05, 3.63) is 98.2 Å². The van der Waals surface area contributed by atoms with Gasteiger partial charge in [-0.2, -0.15) is 0 Å². The van der Waals surface area contributed by atoms with Crippen LogP contribution < -0.4 is 0 Å². The standard InChI is InChI=1S/C32H36O4S/c1-7-36-31(33)24-12-10-23(11-13-24)25(20-30(34-5)35-6)18-22-9-14-28-27(19-22)26(16-17-32(28,3)4)29-15-8-21(2)37-29/h8-16,18-19,30H,7,17,20H2,1-6H3. The van der Waals surface area contributed by atoms with E-state index in [1.165, 1.54) is 26.5 Å². The summed E-state index contributed by atoms with van der Waals surface area (Å²) in [5, 5.41) is 0. The monoisotopic (exact) mass is 516 g/mol. The molecule has 0 N–H and O–H groups in total. The Balaban J connectivity index is 1.77. The van der Waals surface area contributed by atoms with Crippen LogP contribution in [0.25, 0.3) is 17.2 Å². The van der Waals surface area contributed by atoms with Crippen molar-refractivity contribution >= 4 is 34.5 Å². The van der Waals surface area contributed by atoms with Crippen LogP contribution in [0.3, 0.4) is 0 Å². The average Bonchev–Trinajstić information content (AvgIpc) is 3.32. The zero-order chi connectivity index (χ0) is 26.6. The van der Waals surface area contributed by atoms with Crippen LogP contribution in [0.1, 0.15) is 76.0 Å². The quantitative estimate of drug-likeness (QED) is 0.165. The zero-order valence-corrected chi connectivity index (χ0v) is 23.4. The molecule has 0 aliphatic heterocycles. The van der Waals surface area contributed by atoms with E-state index in [0.717, 1.165) is 23.1 Å². The normalized spacial score (nSPS) is 14.9. The maximum absolute atomic E-state index is 12.1. The second-order valence-corrected chi connectivity index (χ2v) is 11.3. The number of carbonyl (C=O) groups is 1. The molecule has 2 aromatic carbocycles. The largest absolute Gasteiger partial charge is 0.462 e. The predicted molar refractivity (Wildman–Crippen MR) is 153 cm³/mol. The SMILES string of the molecule is CCOC(=O)c1ccc(C(=Cc2ccc3c(c2)C(c2ccc(C)s2)=CCC3(C)C)CC(OC)OC)cc1. The number of fused-ring (bicyclic) bond motifs is 1. The van der Waals surface area contributed by atoms with E-state index in [1.54, 1.807) is 14.2 Å². The van der Waals surface area contributed by atoms with Gasteiger partial charge in [0.05, 0.1) is 12.2 Å². The first-order chi connectivity index (χ1) is 17.7. The minimum atomic E-state index is -0.378. The van der Waals surface area contributed by atoms with Gasteiger partial charge in [0.1, 0.15) is 0 Å². The van der Waals surface area contributed by atoms with Gasteiger partial charge in [0.15, 0.2) is 6.29 Å². The molecule has 1 aromatic heterocycles. The van der Waals surface area contributed by atoms with Gasteiger partial charge in [-0.1, -0.05) is 50.3 Å². The molecule has 0 amide bonds. The minimum Gasteiger partial charge on any atom is -0.462 e. The Morgan fingerprint density at radius 2 is 1.73 bits per heavy atom. The highest BCUT2D eigenvalue weighted by Gasteiger charge is 2.29. The molecule has 1 aliphatic rings. The minimum absolute atomic E-state index is 0.0797. The number of methoxy groups -OCH3 is 2.